The molecule has 3 N–H and O–H groups in total. The number of phenolic OH excluding ortho intramolecular Hbond substituents is 1. The molecule has 1 aliphatic heterocycles. The monoisotopic (exact) mass is 286 g/mol. The van der Waals surface area contributed by atoms with Crippen LogP contribution in [-0.4, -0.2) is 25.9 Å². The normalized spacial score (nSPS) is 17.1. The van der Waals surface area contributed by atoms with Crippen molar-refractivity contribution in [1.82, 2.24) is 0 Å². The standard InChI is InChI=1S/C17H19NO3/c1-20-15-9-12-7-8-18-17(14(12)10-16(15)21-2)11-3-5-13(19)6-4-11/h3-6,9-10,17-19H,7-8H2,1-2H3/p+1/t17-/m1/s1. The van der Waals surface area contributed by atoms with Gasteiger partial charge in [-0.2, -0.15) is 0 Å². The Hall–Kier alpha value is -2.20. The molecule has 1 atom stereocenters. The number of fused-ring (bicyclic) bond motifs is 1. The van der Waals surface area contributed by atoms with Gasteiger partial charge in [0, 0.05) is 17.5 Å². The first-order chi connectivity index (χ1) is 10.2. The van der Waals surface area contributed by atoms with Gasteiger partial charge in [-0.05, 0) is 42.0 Å². The zero-order chi connectivity index (χ0) is 14.8. The van der Waals surface area contributed by atoms with Crippen molar-refractivity contribution in [1.29, 1.82) is 0 Å². The molecule has 0 fully saturated rings. The zero-order valence-electron chi connectivity index (χ0n) is 12.3. The molecule has 0 bridgehead atoms. The van der Waals surface area contributed by atoms with Gasteiger partial charge in [-0.25, -0.2) is 0 Å². The van der Waals surface area contributed by atoms with Crippen molar-refractivity contribution in [3.05, 3.63) is 53.1 Å². The van der Waals surface area contributed by atoms with Crippen LogP contribution in [0.15, 0.2) is 36.4 Å². The number of aromatic hydroxyl groups is 1. The number of methoxy groups -OCH3 is 2. The quantitative estimate of drug-likeness (QED) is 0.901. The highest BCUT2D eigenvalue weighted by Gasteiger charge is 2.27. The van der Waals surface area contributed by atoms with Crippen LogP contribution in [0.2, 0.25) is 0 Å². The van der Waals surface area contributed by atoms with Gasteiger partial charge in [0.05, 0.1) is 20.8 Å². The number of quaternary nitrogens is 1. The molecule has 2 aromatic rings. The average Bonchev–Trinajstić information content (AvgIpc) is 2.53. The first-order valence-corrected chi connectivity index (χ1v) is 7.10. The maximum absolute atomic E-state index is 9.45. The molecular formula is C17H20NO3+. The molecule has 2 aromatic carbocycles. The zero-order valence-corrected chi connectivity index (χ0v) is 12.3. The van der Waals surface area contributed by atoms with Crippen molar-refractivity contribution in [2.75, 3.05) is 20.8 Å². The first kappa shape index (κ1) is 13.8. The highest BCUT2D eigenvalue weighted by atomic mass is 16.5. The van der Waals surface area contributed by atoms with E-state index in [-0.39, 0.29) is 6.04 Å². The third kappa shape index (κ3) is 2.54. The van der Waals surface area contributed by atoms with Crippen molar-refractivity contribution in [2.24, 2.45) is 0 Å². The Morgan fingerprint density at radius 3 is 2.38 bits per heavy atom. The van der Waals surface area contributed by atoms with Crippen LogP contribution in [0, 0.1) is 0 Å². The molecule has 110 valence electrons. The summed E-state index contributed by atoms with van der Waals surface area (Å²) in [5, 5.41) is 11.8. The van der Waals surface area contributed by atoms with Gasteiger partial charge in [-0.1, -0.05) is 0 Å². The summed E-state index contributed by atoms with van der Waals surface area (Å²) in [6.45, 7) is 1.04. The number of benzene rings is 2. The SMILES string of the molecule is COc1cc2c(cc1OC)[C@@H](c1ccc(O)cc1)[NH2+]CC2. The van der Waals surface area contributed by atoms with Gasteiger partial charge in [0.2, 0.25) is 0 Å². The summed E-state index contributed by atoms with van der Waals surface area (Å²) in [6, 6.07) is 11.8. The summed E-state index contributed by atoms with van der Waals surface area (Å²) in [5.74, 6) is 1.83. The molecule has 0 saturated heterocycles. The number of nitrogens with two attached hydrogens (primary N) is 1. The Bertz CT molecular complexity index is 637. The van der Waals surface area contributed by atoms with Crippen molar-refractivity contribution in [3.63, 3.8) is 0 Å². The van der Waals surface area contributed by atoms with E-state index in [4.69, 9.17) is 9.47 Å². The largest absolute Gasteiger partial charge is 0.508 e. The fraction of sp³-hybridized carbons (Fsp3) is 0.294. The topological polar surface area (TPSA) is 55.3 Å². The molecular weight excluding hydrogens is 266 g/mol. The summed E-state index contributed by atoms with van der Waals surface area (Å²) in [5.41, 5.74) is 3.73. The summed E-state index contributed by atoms with van der Waals surface area (Å²) in [4.78, 5) is 0. The third-order valence-electron chi connectivity index (χ3n) is 4.05. The molecule has 4 nitrogen and oxygen atoms in total. The van der Waals surface area contributed by atoms with Crippen LogP contribution < -0.4 is 14.8 Å². The molecule has 0 radical (unpaired) electrons. The second kappa shape index (κ2) is 5.66. The molecule has 0 saturated carbocycles. The van der Waals surface area contributed by atoms with Crippen molar-refractivity contribution in [2.45, 2.75) is 12.5 Å². The molecule has 1 heterocycles. The van der Waals surface area contributed by atoms with Crippen LogP contribution in [0.3, 0.4) is 0 Å². The van der Waals surface area contributed by atoms with Crippen LogP contribution in [0.5, 0.6) is 17.2 Å². The fourth-order valence-corrected chi connectivity index (χ4v) is 2.97. The number of rotatable bonds is 3. The van der Waals surface area contributed by atoms with E-state index >= 15 is 0 Å². The van der Waals surface area contributed by atoms with Crippen LogP contribution in [0.4, 0.5) is 0 Å². The van der Waals surface area contributed by atoms with Gasteiger partial charge in [0.25, 0.3) is 0 Å². The van der Waals surface area contributed by atoms with Crippen LogP contribution in [0.1, 0.15) is 22.7 Å². The van der Waals surface area contributed by atoms with E-state index in [1.165, 1.54) is 16.7 Å². The minimum Gasteiger partial charge on any atom is -0.508 e. The minimum atomic E-state index is 0.231. The van der Waals surface area contributed by atoms with Gasteiger partial charge in [-0.3, -0.25) is 0 Å². The lowest BCUT2D eigenvalue weighted by Crippen LogP contribution is -2.87. The molecule has 4 heteroatoms. The van der Waals surface area contributed by atoms with E-state index in [0.29, 0.717) is 5.75 Å². The van der Waals surface area contributed by atoms with Crippen molar-refractivity contribution in [3.8, 4) is 17.2 Å². The Morgan fingerprint density at radius 1 is 1.05 bits per heavy atom. The summed E-state index contributed by atoms with van der Waals surface area (Å²) < 4.78 is 10.8. The van der Waals surface area contributed by atoms with E-state index in [1.54, 1.807) is 26.4 Å². The highest BCUT2D eigenvalue weighted by molar-refractivity contribution is 5.50. The minimum absolute atomic E-state index is 0.231. The van der Waals surface area contributed by atoms with Gasteiger partial charge in [-0.15, -0.1) is 0 Å². The predicted molar refractivity (Wildman–Crippen MR) is 80.0 cm³/mol. The second-order valence-corrected chi connectivity index (χ2v) is 5.25. The van der Waals surface area contributed by atoms with Crippen LogP contribution >= 0.6 is 0 Å². The second-order valence-electron chi connectivity index (χ2n) is 5.25. The highest BCUT2D eigenvalue weighted by Crippen LogP contribution is 2.35. The van der Waals surface area contributed by atoms with Crippen molar-refractivity contribution < 1.29 is 19.9 Å². The van der Waals surface area contributed by atoms with E-state index in [1.807, 2.05) is 12.1 Å². The lowest BCUT2D eigenvalue weighted by atomic mass is 9.89. The molecule has 0 aliphatic carbocycles. The number of phenols is 1. The number of hydrogen-bond acceptors (Lipinski definition) is 3. The fourth-order valence-electron chi connectivity index (χ4n) is 2.97. The third-order valence-corrected chi connectivity index (χ3v) is 4.05. The Labute approximate surface area is 124 Å². The Kier molecular flexibility index (Phi) is 3.71. The Balaban J connectivity index is 2.06. The number of hydrogen-bond donors (Lipinski definition) is 2. The average molecular weight is 286 g/mol. The summed E-state index contributed by atoms with van der Waals surface area (Å²) >= 11 is 0. The van der Waals surface area contributed by atoms with Gasteiger partial charge in [0.1, 0.15) is 11.8 Å². The molecule has 3 rings (SSSR count). The first-order valence-electron chi connectivity index (χ1n) is 7.10. The lowest BCUT2D eigenvalue weighted by molar-refractivity contribution is -0.690. The predicted octanol–water partition coefficient (Wildman–Crippen LogP) is 1.62. The van der Waals surface area contributed by atoms with Gasteiger partial charge in [0.15, 0.2) is 11.5 Å². The summed E-state index contributed by atoms with van der Waals surface area (Å²) in [7, 11) is 3.32. The molecule has 1 aliphatic rings. The molecule has 0 aromatic heterocycles. The van der Waals surface area contributed by atoms with Crippen LogP contribution in [-0.2, 0) is 6.42 Å². The van der Waals surface area contributed by atoms with E-state index < -0.39 is 0 Å². The lowest BCUT2D eigenvalue weighted by Gasteiger charge is -2.25. The van der Waals surface area contributed by atoms with E-state index in [9.17, 15) is 5.11 Å². The maximum Gasteiger partial charge on any atom is 0.161 e. The maximum atomic E-state index is 9.45. The molecule has 0 unspecified atom stereocenters. The molecule has 0 amide bonds. The summed E-state index contributed by atoms with van der Waals surface area (Å²) in [6.07, 6.45) is 1.02. The molecule has 21 heavy (non-hydrogen) atoms. The number of ether oxygens (including phenoxy) is 2. The van der Waals surface area contributed by atoms with Crippen LogP contribution in [0.25, 0.3) is 0 Å². The Morgan fingerprint density at radius 2 is 1.71 bits per heavy atom. The van der Waals surface area contributed by atoms with Gasteiger partial charge >= 0.3 is 0 Å². The van der Waals surface area contributed by atoms with Gasteiger partial charge < -0.3 is 19.9 Å². The van der Waals surface area contributed by atoms with Crippen molar-refractivity contribution >= 4 is 0 Å². The van der Waals surface area contributed by atoms with E-state index in [0.717, 1.165) is 24.5 Å². The molecule has 0 spiro atoms. The smallest absolute Gasteiger partial charge is 0.161 e. The van der Waals surface area contributed by atoms with E-state index in [2.05, 4.69) is 17.4 Å².